The van der Waals surface area contributed by atoms with E-state index in [1.54, 1.807) is 12.1 Å². The van der Waals surface area contributed by atoms with Crippen LogP contribution in [0.15, 0.2) is 18.2 Å². The zero-order valence-corrected chi connectivity index (χ0v) is 8.34. The summed E-state index contributed by atoms with van der Waals surface area (Å²) in [6.45, 7) is 0. The zero-order valence-electron chi connectivity index (χ0n) is 8.34. The van der Waals surface area contributed by atoms with E-state index >= 15 is 0 Å². The number of rotatable bonds is 2. The minimum absolute atomic E-state index is 0.0766. The van der Waals surface area contributed by atoms with Crippen molar-refractivity contribution in [1.29, 1.82) is 0 Å². The van der Waals surface area contributed by atoms with Gasteiger partial charge in [0.1, 0.15) is 5.75 Å². The van der Waals surface area contributed by atoms with Crippen LogP contribution in [0.2, 0.25) is 0 Å². The first kappa shape index (κ1) is 10.4. The minimum Gasteiger partial charge on any atom is -0.497 e. The molecule has 0 amide bonds. The van der Waals surface area contributed by atoms with Crippen molar-refractivity contribution < 1.29 is 18.6 Å². The maximum absolute atomic E-state index is 12.7. The summed E-state index contributed by atoms with van der Waals surface area (Å²) in [5.74, 6) is 0.495. The SMILES string of the molecule is COc1ccc2c(c1)C(O)(C(F)F)CC2. The lowest BCUT2D eigenvalue weighted by molar-refractivity contribution is -0.100. The van der Waals surface area contributed by atoms with Crippen molar-refractivity contribution in [2.24, 2.45) is 0 Å². The quantitative estimate of drug-likeness (QED) is 0.816. The van der Waals surface area contributed by atoms with Crippen LogP contribution in [0.25, 0.3) is 0 Å². The van der Waals surface area contributed by atoms with Gasteiger partial charge in [-0.25, -0.2) is 8.78 Å². The van der Waals surface area contributed by atoms with Crippen molar-refractivity contribution in [2.75, 3.05) is 7.11 Å². The third-order valence-corrected chi connectivity index (χ3v) is 2.92. The van der Waals surface area contributed by atoms with Gasteiger partial charge >= 0.3 is 0 Å². The van der Waals surface area contributed by atoms with E-state index < -0.39 is 12.0 Å². The van der Waals surface area contributed by atoms with Gasteiger partial charge in [-0.05, 0) is 36.1 Å². The van der Waals surface area contributed by atoms with Crippen LogP contribution in [-0.4, -0.2) is 18.6 Å². The summed E-state index contributed by atoms with van der Waals surface area (Å²) in [6, 6.07) is 4.94. The van der Waals surface area contributed by atoms with E-state index in [4.69, 9.17) is 4.74 Å². The molecule has 0 saturated heterocycles. The molecule has 15 heavy (non-hydrogen) atoms. The summed E-state index contributed by atoms with van der Waals surface area (Å²) in [5.41, 5.74) is -0.917. The van der Waals surface area contributed by atoms with Gasteiger partial charge in [0.05, 0.1) is 7.11 Å². The van der Waals surface area contributed by atoms with Crippen LogP contribution >= 0.6 is 0 Å². The molecule has 1 aromatic carbocycles. The fourth-order valence-electron chi connectivity index (χ4n) is 1.99. The molecule has 1 aliphatic carbocycles. The molecule has 0 bridgehead atoms. The standard InChI is InChI=1S/C11H12F2O2/c1-15-8-3-2-7-4-5-11(14,10(12)13)9(7)6-8/h2-3,6,10,14H,4-5H2,1H3. The molecule has 0 fully saturated rings. The molecular formula is C11H12F2O2. The first-order valence-electron chi connectivity index (χ1n) is 4.76. The number of aliphatic hydroxyl groups is 1. The summed E-state index contributed by atoms with van der Waals surface area (Å²) in [5, 5.41) is 9.84. The lowest BCUT2D eigenvalue weighted by Crippen LogP contribution is -2.31. The highest BCUT2D eigenvalue weighted by molar-refractivity contribution is 5.43. The molecule has 0 saturated carbocycles. The monoisotopic (exact) mass is 214 g/mol. The molecule has 82 valence electrons. The molecule has 1 aliphatic rings. The predicted octanol–water partition coefficient (Wildman–Crippen LogP) is 2.09. The lowest BCUT2D eigenvalue weighted by Gasteiger charge is -2.22. The smallest absolute Gasteiger partial charge is 0.270 e. The summed E-state index contributed by atoms with van der Waals surface area (Å²) < 4.78 is 30.5. The van der Waals surface area contributed by atoms with Gasteiger partial charge in [-0.15, -0.1) is 0 Å². The van der Waals surface area contributed by atoms with Gasteiger partial charge in [-0.3, -0.25) is 0 Å². The molecule has 2 rings (SSSR count). The molecule has 1 aromatic rings. The number of alkyl halides is 2. The van der Waals surface area contributed by atoms with Gasteiger partial charge in [-0.2, -0.15) is 0 Å². The summed E-state index contributed by atoms with van der Waals surface area (Å²) in [4.78, 5) is 0. The Morgan fingerprint density at radius 1 is 1.47 bits per heavy atom. The average Bonchev–Trinajstić information content (AvgIpc) is 2.57. The van der Waals surface area contributed by atoms with E-state index in [0.717, 1.165) is 5.56 Å². The molecule has 0 spiro atoms. The van der Waals surface area contributed by atoms with Gasteiger partial charge in [-0.1, -0.05) is 6.07 Å². The van der Waals surface area contributed by atoms with E-state index in [2.05, 4.69) is 0 Å². The Kier molecular flexibility index (Phi) is 2.38. The Morgan fingerprint density at radius 3 is 2.80 bits per heavy atom. The van der Waals surface area contributed by atoms with Crippen LogP contribution < -0.4 is 4.74 Å². The first-order valence-corrected chi connectivity index (χ1v) is 4.76. The van der Waals surface area contributed by atoms with E-state index in [1.807, 2.05) is 0 Å². The molecule has 0 aromatic heterocycles. The highest BCUT2D eigenvalue weighted by Crippen LogP contribution is 2.42. The Hall–Kier alpha value is -1.16. The Balaban J connectivity index is 2.48. The summed E-state index contributed by atoms with van der Waals surface area (Å²) in [7, 11) is 1.47. The second-order valence-corrected chi connectivity index (χ2v) is 3.75. The molecule has 1 atom stereocenters. The second-order valence-electron chi connectivity index (χ2n) is 3.75. The van der Waals surface area contributed by atoms with Crippen molar-refractivity contribution in [1.82, 2.24) is 0 Å². The van der Waals surface area contributed by atoms with Crippen molar-refractivity contribution in [3.05, 3.63) is 29.3 Å². The van der Waals surface area contributed by atoms with E-state index in [1.165, 1.54) is 13.2 Å². The summed E-state index contributed by atoms with van der Waals surface area (Å²) in [6.07, 6.45) is -2.20. The third kappa shape index (κ3) is 1.49. The second kappa shape index (κ2) is 3.45. The molecule has 0 radical (unpaired) electrons. The Morgan fingerprint density at radius 2 is 2.20 bits per heavy atom. The van der Waals surface area contributed by atoms with Crippen molar-refractivity contribution in [2.45, 2.75) is 24.9 Å². The highest BCUT2D eigenvalue weighted by atomic mass is 19.3. The molecule has 0 heterocycles. The van der Waals surface area contributed by atoms with E-state index in [0.29, 0.717) is 17.7 Å². The van der Waals surface area contributed by atoms with Gasteiger partial charge in [0, 0.05) is 0 Å². The number of hydrogen-bond donors (Lipinski definition) is 1. The number of aryl methyl sites for hydroxylation is 1. The highest BCUT2D eigenvalue weighted by Gasteiger charge is 2.44. The normalized spacial score (nSPS) is 24.3. The zero-order chi connectivity index (χ0) is 11.1. The van der Waals surface area contributed by atoms with E-state index in [-0.39, 0.29) is 6.42 Å². The van der Waals surface area contributed by atoms with Crippen LogP contribution in [0.1, 0.15) is 17.5 Å². The molecular weight excluding hydrogens is 202 g/mol. The van der Waals surface area contributed by atoms with Crippen molar-refractivity contribution >= 4 is 0 Å². The molecule has 0 aliphatic heterocycles. The minimum atomic E-state index is -2.76. The van der Waals surface area contributed by atoms with Gasteiger partial charge < -0.3 is 9.84 Å². The predicted molar refractivity (Wildman–Crippen MR) is 51.2 cm³/mol. The third-order valence-electron chi connectivity index (χ3n) is 2.92. The number of ether oxygens (including phenoxy) is 1. The number of benzene rings is 1. The number of halogens is 2. The Bertz CT molecular complexity index is 379. The lowest BCUT2D eigenvalue weighted by atomic mass is 9.96. The topological polar surface area (TPSA) is 29.5 Å². The number of hydrogen-bond acceptors (Lipinski definition) is 2. The molecule has 2 nitrogen and oxygen atoms in total. The van der Waals surface area contributed by atoms with Crippen LogP contribution in [0.3, 0.4) is 0 Å². The number of methoxy groups -OCH3 is 1. The average molecular weight is 214 g/mol. The largest absolute Gasteiger partial charge is 0.497 e. The van der Waals surface area contributed by atoms with Gasteiger partial charge in [0.25, 0.3) is 6.43 Å². The van der Waals surface area contributed by atoms with Crippen LogP contribution in [0.5, 0.6) is 5.75 Å². The maximum atomic E-state index is 12.7. The first-order chi connectivity index (χ1) is 7.08. The fourth-order valence-corrected chi connectivity index (χ4v) is 1.99. The van der Waals surface area contributed by atoms with Gasteiger partial charge in [0.15, 0.2) is 5.60 Å². The maximum Gasteiger partial charge on any atom is 0.270 e. The molecule has 1 N–H and O–H groups in total. The van der Waals surface area contributed by atoms with Crippen molar-refractivity contribution in [3.8, 4) is 5.75 Å². The van der Waals surface area contributed by atoms with Crippen LogP contribution in [0.4, 0.5) is 8.78 Å². The Labute approximate surface area is 86.5 Å². The van der Waals surface area contributed by atoms with Crippen molar-refractivity contribution in [3.63, 3.8) is 0 Å². The van der Waals surface area contributed by atoms with E-state index in [9.17, 15) is 13.9 Å². The number of fused-ring (bicyclic) bond motifs is 1. The van der Waals surface area contributed by atoms with Crippen LogP contribution in [-0.2, 0) is 12.0 Å². The molecule has 1 unspecified atom stereocenters. The van der Waals surface area contributed by atoms with Crippen LogP contribution in [0, 0.1) is 0 Å². The molecule has 4 heteroatoms. The summed E-state index contributed by atoms with van der Waals surface area (Å²) >= 11 is 0. The van der Waals surface area contributed by atoms with Gasteiger partial charge in [0.2, 0.25) is 0 Å². The fraction of sp³-hybridized carbons (Fsp3) is 0.455.